The van der Waals surface area contributed by atoms with Gasteiger partial charge in [0.15, 0.2) is 0 Å². The maximum atomic E-state index is 12.6. The van der Waals surface area contributed by atoms with E-state index in [0.29, 0.717) is 5.69 Å². The van der Waals surface area contributed by atoms with Crippen LogP contribution in [0.1, 0.15) is 17.3 Å². The molecule has 0 radical (unpaired) electrons. The minimum Gasteiger partial charge on any atom is -0.367 e. The fraction of sp³-hybridized carbons (Fsp3) is 0.316. The van der Waals surface area contributed by atoms with E-state index in [4.69, 9.17) is 11.6 Å². The number of nitro groups is 1. The van der Waals surface area contributed by atoms with Crippen molar-refractivity contribution in [3.05, 3.63) is 63.2 Å². The molecule has 2 aromatic carbocycles. The summed E-state index contributed by atoms with van der Waals surface area (Å²) in [6.07, 6.45) is 0. The SMILES string of the molecule is CCN1CCN(c2ccccc2NC(=O)c2ccc(Cl)c([N+](=O)[O-])c2)CC1. The van der Waals surface area contributed by atoms with E-state index >= 15 is 0 Å². The van der Waals surface area contributed by atoms with Gasteiger partial charge >= 0.3 is 0 Å². The van der Waals surface area contributed by atoms with E-state index in [1.807, 2.05) is 24.3 Å². The molecule has 0 atom stereocenters. The van der Waals surface area contributed by atoms with E-state index in [9.17, 15) is 14.9 Å². The number of carbonyl (C=O) groups excluding carboxylic acids is 1. The molecule has 0 unspecified atom stereocenters. The lowest BCUT2D eigenvalue weighted by Crippen LogP contribution is -2.46. The van der Waals surface area contributed by atoms with Crippen molar-refractivity contribution in [1.29, 1.82) is 0 Å². The predicted molar refractivity (Wildman–Crippen MR) is 107 cm³/mol. The molecule has 2 aromatic rings. The van der Waals surface area contributed by atoms with Gasteiger partial charge in [-0.2, -0.15) is 0 Å². The lowest BCUT2D eigenvalue weighted by molar-refractivity contribution is -0.384. The number of nitro benzene ring substituents is 1. The van der Waals surface area contributed by atoms with Crippen LogP contribution in [0, 0.1) is 10.1 Å². The Labute approximate surface area is 162 Å². The first kappa shape index (κ1) is 19.1. The number of carbonyl (C=O) groups is 1. The molecule has 8 heteroatoms. The number of hydrogen-bond donors (Lipinski definition) is 1. The van der Waals surface area contributed by atoms with Crippen LogP contribution in [0.15, 0.2) is 42.5 Å². The van der Waals surface area contributed by atoms with E-state index in [1.54, 1.807) is 0 Å². The van der Waals surface area contributed by atoms with Gasteiger partial charge < -0.3 is 15.1 Å². The predicted octanol–water partition coefficient (Wildman–Crippen LogP) is 3.64. The van der Waals surface area contributed by atoms with Crippen LogP contribution < -0.4 is 10.2 Å². The topological polar surface area (TPSA) is 78.7 Å². The van der Waals surface area contributed by atoms with Crippen LogP contribution in [-0.4, -0.2) is 48.5 Å². The minimum atomic E-state index is -0.597. The summed E-state index contributed by atoms with van der Waals surface area (Å²) in [4.78, 5) is 27.7. The highest BCUT2D eigenvalue weighted by Crippen LogP contribution is 2.29. The first-order valence-corrected chi connectivity index (χ1v) is 9.19. The highest BCUT2D eigenvalue weighted by molar-refractivity contribution is 6.32. The fourth-order valence-corrected chi connectivity index (χ4v) is 3.33. The van der Waals surface area contributed by atoms with Gasteiger partial charge in [-0.3, -0.25) is 14.9 Å². The first-order valence-electron chi connectivity index (χ1n) is 8.81. The molecule has 0 bridgehead atoms. The largest absolute Gasteiger partial charge is 0.367 e. The molecule has 1 amide bonds. The van der Waals surface area contributed by atoms with Gasteiger partial charge in [0.2, 0.25) is 0 Å². The van der Waals surface area contributed by atoms with Crippen LogP contribution in [-0.2, 0) is 0 Å². The molecule has 1 aliphatic heterocycles. The van der Waals surface area contributed by atoms with E-state index in [2.05, 4.69) is 22.0 Å². The van der Waals surface area contributed by atoms with Crippen LogP contribution in [0.3, 0.4) is 0 Å². The van der Waals surface area contributed by atoms with Gasteiger partial charge in [-0.1, -0.05) is 30.7 Å². The molecular weight excluding hydrogens is 368 g/mol. The standard InChI is InChI=1S/C19H21ClN4O3/c1-2-22-9-11-23(12-10-22)17-6-4-3-5-16(17)21-19(25)14-7-8-15(20)18(13-14)24(26)27/h3-8,13H,2,9-12H2,1H3,(H,21,25). The van der Waals surface area contributed by atoms with Gasteiger partial charge in [0.25, 0.3) is 11.6 Å². The third-order valence-electron chi connectivity index (χ3n) is 4.72. The number of nitrogens with one attached hydrogen (secondary N) is 1. The smallest absolute Gasteiger partial charge is 0.288 e. The summed E-state index contributed by atoms with van der Waals surface area (Å²) in [5.74, 6) is -0.408. The van der Waals surface area contributed by atoms with Gasteiger partial charge in [0.05, 0.1) is 16.3 Å². The number of hydrogen-bond acceptors (Lipinski definition) is 5. The molecule has 0 aliphatic carbocycles. The average molecular weight is 389 g/mol. The van der Waals surface area contributed by atoms with Crippen LogP contribution in [0.2, 0.25) is 5.02 Å². The summed E-state index contributed by atoms with van der Waals surface area (Å²) in [5.41, 5.74) is 1.54. The fourth-order valence-electron chi connectivity index (χ4n) is 3.15. The lowest BCUT2D eigenvalue weighted by atomic mass is 10.1. The molecule has 7 nitrogen and oxygen atoms in total. The van der Waals surface area contributed by atoms with Crippen LogP contribution >= 0.6 is 11.6 Å². The monoisotopic (exact) mass is 388 g/mol. The van der Waals surface area contributed by atoms with Crippen molar-refractivity contribution in [1.82, 2.24) is 4.90 Å². The Hall–Kier alpha value is -2.64. The number of para-hydroxylation sites is 2. The van der Waals surface area contributed by atoms with Crippen LogP contribution in [0.25, 0.3) is 0 Å². The average Bonchev–Trinajstić information content (AvgIpc) is 2.68. The van der Waals surface area contributed by atoms with Crippen molar-refractivity contribution in [3.63, 3.8) is 0 Å². The molecule has 1 saturated heterocycles. The number of likely N-dealkylation sites (N-methyl/N-ethyl adjacent to an activating group) is 1. The van der Waals surface area contributed by atoms with Crippen molar-refractivity contribution < 1.29 is 9.72 Å². The van der Waals surface area contributed by atoms with E-state index in [-0.39, 0.29) is 16.3 Å². The van der Waals surface area contributed by atoms with E-state index in [1.165, 1.54) is 18.2 Å². The zero-order valence-corrected chi connectivity index (χ0v) is 15.8. The van der Waals surface area contributed by atoms with Gasteiger partial charge in [0, 0.05) is 37.8 Å². The summed E-state index contributed by atoms with van der Waals surface area (Å²) in [6, 6.07) is 11.6. The lowest BCUT2D eigenvalue weighted by Gasteiger charge is -2.36. The Morgan fingerprint density at radius 3 is 2.56 bits per heavy atom. The normalized spacial score (nSPS) is 14.8. The summed E-state index contributed by atoms with van der Waals surface area (Å²) in [5, 5.41) is 13.9. The summed E-state index contributed by atoms with van der Waals surface area (Å²) < 4.78 is 0. The number of amides is 1. The number of halogens is 1. The second kappa shape index (κ2) is 8.37. The Balaban J connectivity index is 1.79. The molecule has 0 aromatic heterocycles. The summed E-state index contributed by atoms with van der Waals surface area (Å²) in [7, 11) is 0. The Kier molecular flexibility index (Phi) is 5.93. The number of anilines is 2. The van der Waals surface area contributed by atoms with Crippen LogP contribution in [0.5, 0.6) is 0 Å². The number of piperazine rings is 1. The Bertz CT molecular complexity index is 851. The Morgan fingerprint density at radius 2 is 1.89 bits per heavy atom. The van der Waals surface area contributed by atoms with Crippen molar-refractivity contribution in [2.75, 3.05) is 42.9 Å². The second-order valence-corrected chi connectivity index (χ2v) is 6.72. The zero-order chi connectivity index (χ0) is 19.4. The molecular formula is C19H21ClN4O3. The molecule has 3 rings (SSSR count). The molecule has 1 aliphatic rings. The Morgan fingerprint density at radius 1 is 1.19 bits per heavy atom. The maximum Gasteiger partial charge on any atom is 0.288 e. The quantitative estimate of drug-likeness (QED) is 0.624. The van der Waals surface area contributed by atoms with Crippen LogP contribution in [0.4, 0.5) is 17.1 Å². The maximum absolute atomic E-state index is 12.6. The highest BCUT2D eigenvalue weighted by atomic mass is 35.5. The zero-order valence-electron chi connectivity index (χ0n) is 15.0. The van der Waals surface area contributed by atoms with Gasteiger partial charge in [0.1, 0.15) is 5.02 Å². The first-order chi connectivity index (χ1) is 13.0. The molecule has 27 heavy (non-hydrogen) atoms. The number of benzene rings is 2. The van der Waals surface area contributed by atoms with E-state index in [0.717, 1.165) is 38.4 Å². The van der Waals surface area contributed by atoms with Crippen molar-refractivity contribution >= 4 is 34.6 Å². The van der Waals surface area contributed by atoms with Crippen molar-refractivity contribution in [2.45, 2.75) is 6.92 Å². The van der Waals surface area contributed by atoms with Crippen molar-refractivity contribution in [2.24, 2.45) is 0 Å². The number of rotatable bonds is 5. The van der Waals surface area contributed by atoms with Gasteiger partial charge in [-0.25, -0.2) is 0 Å². The van der Waals surface area contributed by atoms with Gasteiger partial charge in [-0.15, -0.1) is 0 Å². The minimum absolute atomic E-state index is 0.00532. The number of nitrogens with zero attached hydrogens (tertiary/aromatic N) is 3. The third-order valence-corrected chi connectivity index (χ3v) is 5.04. The molecule has 1 fully saturated rings. The molecule has 0 saturated carbocycles. The summed E-state index contributed by atoms with van der Waals surface area (Å²) in [6.45, 7) is 6.89. The van der Waals surface area contributed by atoms with Gasteiger partial charge in [-0.05, 0) is 30.8 Å². The molecule has 142 valence electrons. The van der Waals surface area contributed by atoms with Crippen molar-refractivity contribution in [3.8, 4) is 0 Å². The molecule has 1 N–H and O–H groups in total. The third kappa shape index (κ3) is 4.37. The second-order valence-electron chi connectivity index (χ2n) is 6.32. The van der Waals surface area contributed by atoms with E-state index < -0.39 is 10.8 Å². The highest BCUT2D eigenvalue weighted by Gasteiger charge is 2.20. The molecule has 1 heterocycles. The molecule has 0 spiro atoms. The summed E-state index contributed by atoms with van der Waals surface area (Å²) >= 11 is 5.82.